The van der Waals surface area contributed by atoms with E-state index in [2.05, 4.69) is 9.97 Å². The fourth-order valence-corrected chi connectivity index (χ4v) is 2.18. The van der Waals surface area contributed by atoms with Crippen LogP contribution in [0.15, 0.2) is 30.6 Å². The highest BCUT2D eigenvalue weighted by molar-refractivity contribution is 5.70. The van der Waals surface area contributed by atoms with Crippen molar-refractivity contribution in [2.75, 3.05) is 11.4 Å². The number of anilines is 2. The van der Waals surface area contributed by atoms with Gasteiger partial charge >= 0.3 is 0 Å². The van der Waals surface area contributed by atoms with Gasteiger partial charge in [0.05, 0.1) is 0 Å². The fourth-order valence-electron chi connectivity index (χ4n) is 2.18. The molecular weight excluding hydrogens is 231 g/mol. The minimum Gasteiger partial charge on any atom is -0.323 e. The smallest absolute Gasteiger partial charge is 0.183 e. The highest BCUT2D eigenvalue weighted by Crippen LogP contribution is 2.34. The third kappa shape index (κ3) is 1.59. The van der Waals surface area contributed by atoms with Gasteiger partial charge < -0.3 is 4.90 Å². The molecule has 0 aliphatic carbocycles. The third-order valence-corrected chi connectivity index (χ3v) is 2.98. The molecule has 1 aliphatic heterocycles. The molecule has 88 valence electrons. The molecule has 5 heteroatoms. The van der Waals surface area contributed by atoms with E-state index >= 15 is 0 Å². The molecule has 1 aromatic heterocycles. The van der Waals surface area contributed by atoms with Crippen molar-refractivity contribution in [1.82, 2.24) is 9.97 Å². The van der Waals surface area contributed by atoms with Crippen LogP contribution in [0.25, 0.3) is 0 Å². The van der Waals surface area contributed by atoms with Crippen molar-refractivity contribution in [3.8, 4) is 6.07 Å². The quantitative estimate of drug-likeness (QED) is 0.766. The van der Waals surface area contributed by atoms with E-state index in [1.54, 1.807) is 6.07 Å². The molecule has 0 spiro atoms. The molecule has 2 aromatic rings. The van der Waals surface area contributed by atoms with Crippen molar-refractivity contribution in [3.05, 3.63) is 47.7 Å². The second-order valence-electron chi connectivity index (χ2n) is 4.02. The average Bonchev–Trinajstić information content (AvgIpc) is 2.81. The Morgan fingerprint density at radius 2 is 2.11 bits per heavy atom. The summed E-state index contributed by atoms with van der Waals surface area (Å²) in [4.78, 5) is 9.99. The van der Waals surface area contributed by atoms with E-state index in [-0.39, 0.29) is 11.5 Å². The van der Waals surface area contributed by atoms with Gasteiger partial charge in [0, 0.05) is 24.6 Å². The van der Waals surface area contributed by atoms with E-state index in [9.17, 15) is 4.39 Å². The number of hydrogen-bond acceptors (Lipinski definition) is 4. The van der Waals surface area contributed by atoms with Crippen molar-refractivity contribution >= 4 is 11.5 Å². The summed E-state index contributed by atoms with van der Waals surface area (Å²) in [6.45, 7) is 0.687. The van der Waals surface area contributed by atoms with Gasteiger partial charge in [-0.3, -0.25) is 0 Å². The molecule has 0 atom stereocenters. The van der Waals surface area contributed by atoms with Crippen LogP contribution in [0.1, 0.15) is 11.3 Å². The van der Waals surface area contributed by atoms with Crippen molar-refractivity contribution in [2.45, 2.75) is 6.42 Å². The summed E-state index contributed by atoms with van der Waals surface area (Å²) in [6.07, 6.45) is 3.83. The van der Waals surface area contributed by atoms with E-state index in [0.717, 1.165) is 17.7 Å². The summed E-state index contributed by atoms with van der Waals surface area (Å²) in [5, 5.41) is 9.03. The van der Waals surface area contributed by atoms with Gasteiger partial charge in [0.25, 0.3) is 0 Å². The number of aromatic nitrogens is 2. The lowest BCUT2D eigenvalue weighted by atomic mass is 10.2. The summed E-state index contributed by atoms with van der Waals surface area (Å²) >= 11 is 0. The highest BCUT2D eigenvalue weighted by Gasteiger charge is 2.24. The summed E-state index contributed by atoms with van der Waals surface area (Å²) in [5.41, 5.74) is 2.09. The van der Waals surface area contributed by atoms with Gasteiger partial charge in [-0.2, -0.15) is 5.26 Å². The number of hydrogen-bond donors (Lipinski definition) is 0. The van der Waals surface area contributed by atoms with Crippen LogP contribution in [-0.2, 0) is 6.42 Å². The van der Waals surface area contributed by atoms with Crippen LogP contribution < -0.4 is 4.90 Å². The number of benzene rings is 1. The monoisotopic (exact) mass is 240 g/mol. The zero-order valence-electron chi connectivity index (χ0n) is 9.47. The van der Waals surface area contributed by atoms with Crippen molar-refractivity contribution < 1.29 is 4.39 Å². The maximum Gasteiger partial charge on any atom is 0.183 e. The summed E-state index contributed by atoms with van der Waals surface area (Å²) < 4.78 is 13.3. The normalized spacial score (nSPS) is 13.2. The summed E-state index contributed by atoms with van der Waals surface area (Å²) in [5.74, 6) is 0.201. The molecule has 0 N–H and O–H groups in total. The number of nitriles is 1. The molecule has 0 fully saturated rings. The Morgan fingerprint density at radius 3 is 2.94 bits per heavy atom. The van der Waals surface area contributed by atoms with E-state index < -0.39 is 0 Å². The van der Waals surface area contributed by atoms with Crippen molar-refractivity contribution in [2.24, 2.45) is 0 Å². The van der Waals surface area contributed by atoms with Crippen LogP contribution in [0.3, 0.4) is 0 Å². The van der Waals surface area contributed by atoms with E-state index in [1.165, 1.54) is 24.5 Å². The Hall–Kier alpha value is -2.48. The van der Waals surface area contributed by atoms with Crippen molar-refractivity contribution in [3.63, 3.8) is 0 Å². The molecule has 4 nitrogen and oxygen atoms in total. The third-order valence-electron chi connectivity index (χ3n) is 2.98. The van der Waals surface area contributed by atoms with Gasteiger partial charge in [-0.05, 0) is 24.1 Å². The zero-order chi connectivity index (χ0) is 12.5. The van der Waals surface area contributed by atoms with E-state index in [4.69, 9.17) is 5.26 Å². The van der Waals surface area contributed by atoms with Gasteiger partial charge in [-0.15, -0.1) is 0 Å². The number of halogens is 1. The predicted octanol–water partition coefficient (Wildman–Crippen LogP) is 2.18. The van der Waals surface area contributed by atoms with Gasteiger partial charge in [0.1, 0.15) is 11.9 Å². The van der Waals surface area contributed by atoms with Crippen LogP contribution in [0, 0.1) is 17.1 Å². The number of nitrogens with zero attached hydrogens (tertiary/aromatic N) is 4. The second-order valence-corrected chi connectivity index (χ2v) is 4.02. The topological polar surface area (TPSA) is 52.8 Å². The average molecular weight is 240 g/mol. The summed E-state index contributed by atoms with van der Waals surface area (Å²) in [7, 11) is 0. The summed E-state index contributed by atoms with van der Waals surface area (Å²) in [6, 6.07) is 6.70. The lowest BCUT2D eigenvalue weighted by Crippen LogP contribution is -2.16. The predicted molar refractivity (Wildman–Crippen MR) is 63.9 cm³/mol. The molecule has 3 rings (SSSR count). The van der Waals surface area contributed by atoms with Crippen LogP contribution in [0.5, 0.6) is 0 Å². The van der Waals surface area contributed by atoms with E-state index in [1.807, 2.05) is 11.0 Å². The standard InChI is InChI=1S/C13H9FN4/c14-10-2-1-9-3-6-18(12(9)7-10)13-11(8-15)16-4-5-17-13/h1-2,4-5,7H,3,6H2. The molecule has 0 unspecified atom stereocenters. The molecular formula is C13H9FN4. The first-order valence-electron chi connectivity index (χ1n) is 5.56. The molecule has 0 radical (unpaired) electrons. The second kappa shape index (κ2) is 4.08. The van der Waals surface area contributed by atoms with Gasteiger partial charge in [-0.25, -0.2) is 14.4 Å². The van der Waals surface area contributed by atoms with Crippen molar-refractivity contribution in [1.29, 1.82) is 5.26 Å². The first-order valence-corrected chi connectivity index (χ1v) is 5.56. The lowest BCUT2D eigenvalue weighted by molar-refractivity contribution is 0.628. The van der Waals surface area contributed by atoms with Gasteiger partial charge in [-0.1, -0.05) is 6.07 Å². The molecule has 18 heavy (non-hydrogen) atoms. The SMILES string of the molecule is N#Cc1nccnc1N1CCc2ccc(F)cc21. The molecule has 0 saturated heterocycles. The maximum absolute atomic E-state index is 13.3. The fraction of sp³-hybridized carbons (Fsp3) is 0.154. The minimum atomic E-state index is -0.289. The first kappa shape index (κ1) is 10.7. The molecule has 1 aliphatic rings. The largest absolute Gasteiger partial charge is 0.323 e. The molecule has 0 amide bonds. The Labute approximate surface area is 103 Å². The highest BCUT2D eigenvalue weighted by atomic mass is 19.1. The van der Waals surface area contributed by atoms with Crippen LogP contribution >= 0.6 is 0 Å². The number of fused-ring (bicyclic) bond motifs is 1. The van der Waals surface area contributed by atoms with E-state index in [0.29, 0.717) is 12.4 Å². The molecule has 2 heterocycles. The molecule has 0 bridgehead atoms. The van der Waals surface area contributed by atoms with Crippen LogP contribution in [0.2, 0.25) is 0 Å². The lowest BCUT2D eigenvalue weighted by Gasteiger charge is -2.18. The number of rotatable bonds is 1. The van der Waals surface area contributed by atoms with Crippen LogP contribution in [-0.4, -0.2) is 16.5 Å². The van der Waals surface area contributed by atoms with Crippen LogP contribution in [0.4, 0.5) is 15.9 Å². The zero-order valence-corrected chi connectivity index (χ0v) is 9.47. The minimum absolute atomic E-state index is 0.259. The molecule has 0 saturated carbocycles. The Kier molecular flexibility index (Phi) is 2.41. The maximum atomic E-state index is 13.3. The Balaban J connectivity index is 2.12. The van der Waals surface area contributed by atoms with Gasteiger partial charge in [0.15, 0.2) is 11.5 Å². The van der Waals surface area contributed by atoms with Gasteiger partial charge in [0.2, 0.25) is 0 Å². The molecule has 1 aromatic carbocycles. The Morgan fingerprint density at radius 1 is 1.28 bits per heavy atom. The Bertz CT molecular complexity index is 648. The first-order chi connectivity index (χ1) is 8.79.